The molecule has 0 bridgehead atoms. The van der Waals surface area contributed by atoms with Gasteiger partial charge in [0.2, 0.25) is 0 Å². The Kier molecular flexibility index (Phi) is 9.04. The third-order valence-corrected chi connectivity index (χ3v) is 12.1. The second-order valence-corrected chi connectivity index (χ2v) is 15.7. The summed E-state index contributed by atoms with van der Waals surface area (Å²) >= 11 is 0. The SMILES string of the molecule is CC1(C)O[C@@H](CCO[Si](c2ccccc2)(c2ccccc2)C(C)(C)C)C[C@H](COCc2ccccc2)O1. The van der Waals surface area contributed by atoms with Crippen molar-refractivity contribution in [2.24, 2.45) is 0 Å². The molecule has 0 aromatic heterocycles. The topological polar surface area (TPSA) is 36.9 Å². The molecule has 0 saturated carbocycles. The van der Waals surface area contributed by atoms with E-state index in [1.165, 1.54) is 15.9 Å². The van der Waals surface area contributed by atoms with Crippen molar-refractivity contribution in [3.8, 4) is 0 Å². The molecule has 0 radical (unpaired) electrons. The zero-order chi connectivity index (χ0) is 26.4. The van der Waals surface area contributed by atoms with E-state index < -0.39 is 14.1 Å². The first kappa shape index (κ1) is 27.7. The minimum atomic E-state index is -2.56. The lowest BCUT2D eigenvalue weighted by atomic mass is 10.1. The summed E-state index contributed by atoms with van der Waals surface area (Å²) in [5, 5.41) is 2.56. The lowest BCUT2D eigenvalue weighted by molar-refractivity contribution is -0.307. The van der Waals surface area contributed by atoms with Crippen LogP contribution in [-0.4, -0.2) is 39.5 Å². The van der Waals surface area contributed by atoms with Crippen molar-refractivity contribution in [1.29, 1.82) is 0 Å². The summed E-state index contributed by atoms with van der Waals surface area (Å²) < 4.78 is 25.7. The van der Waals surface area contributed by atoms with Gasteiger partial charge in [0.05, 0.1) is 25.4 Å². The van der Waals surface area contributed by atoms with Gasteiger partial charge in [0.25, 0.3) is 8.32 Å². The minimum Gasteiger partial charge on any atom is -0.407 e. The predicted octanol–water partition coefficient (Wildman–Crippen LogP) is 6.08. The quantitative estimate of drug-likeness (QED) is 0.305. The third kappa shape index (κ3) is 6.98. The monoisotopic (exact) mass is 518 g/mol. The van der Waals surface area contributed by atoms with E-state index in [-0.39, 0.29) is 17.2 Å². The number of benzene rings is 3. The summed E-state index contributed by atoms with van der Waals surface area (Å²) in [7, 11) is -2.56. The average molecular weight is 519 g/mol. The van der Waals surface area contributed by atoms with Gasteiger partial charge in [-0.3, -0.25) is 0 Å². The van der Waals surface area contributed by atoms with Crippen molar-refractivity contribution >= 4 is 18.7 Å². The Morgan fingerprint density at radius 3 is 1.84 bits per heavy atom. The van der Waals surface area contributed by atoms with Gasteiger partial charge in [-0.25, -0.2) is 0 Å². The molecule has 5 heteroatoms. The summed E-state index contributed by atoms with van der Waals surface area (Å²) in [4.78, 5) is 0. The second-order valence-electron chi connectivity index (χ2n) is 11.4. The molecule has 1 saturated heterocycles. The van der Waals surface area contributed by atoms with Crippen molar-refractivity contribution in [1.82, 2.24) is 0 Å². The standard InChI is InChI=1S/C32H42O4Si/c1-31(2,3)37(29-17-11-7-12-18-29,30-19-13-8-14-20-30)34-22-21-27-23-28(36-32(4,5)35-27)25-33-24-26-15-9-6-10-16-26/h6-20,27-28H,21-25H2,1-5H3/t27-,28+/m0/s1. The van der Waals surface area contributed by atoms with Gasteiger partial charge in [0.1, 0.15) is 0 Å². The Bertz CT molecular complexity index is 1040. The molecule has 3 aromatic carbocycles. The molecule has 0 spiro atoms. The number of ether oxygens (including phenoxy) is 3. The molecule has 0 aliphatic carbocycles. The van der Waals surface area contributed by atoms with Gasteiger partial charge in [-0.1, -0.05) is 112 Å². The van der Waals surface area contributed by atoms with Gasteiger partial charge in [0, 0.05) is 13.0 Å². The Labute approximate surface area is 224 Å². The summed E-state index contributed by atoms with van der Waals surface area (Å²) in [6, 6.07) is 31.9. The molecular weight excluding hydrogens is 476 g/mol. The maximum Gasteiger partial charge on any atom is 0.261 e. The largest absolute Gasteiger partial charge is 0.407 e. The molecule has 2 atom stereocenters. The van der Waals surface area contributed by atoms with Gasteiger partial charge in [0.15, 0.2) is 5.79 Å². The van der Waals surface area contributed by atoms with Crippen molar-refractivity contribution in [3.05, 3.63) is 96.6 Å². The molecule has 0 amide bonds. The minimum absolute atomic E-state index is 0.00896. The van der Waals surface area contributed by atoms with Crippen LogP contribution in [0.3, 0.4) is 0 Å². The molecule has 0 N–H and O–H groups in total. The van der Waals surface area contributed by atoms with Gasteiger partial charge >= 0.3 is 0 Å². The fourth-order valence-corrected chi connectivity index (χ4v) is 10.1. The molecule has 1 aliphatic rings. The highest BCUT2D eigenvalue weighted by atomic mass is 28.4. The maximum absolute atomic E-state index is 7.10. The molecule has 0 unspecified atom stereocenters. The van der Waals surface area contributed by atoms with Crippen molar-refractivity contribution in [2.45, 2.75) is 77.1 Å². The van der Waals surface area contributed by atoms with Crippen LogP contribution >= 0.6 is 0 Å². The van der Waals surface area contributed by atoms with Crippen LogP contribution in [0.15, 0.2) is 91.0 Å². The lowest BCUT2D eigenvalue weighted by Crippen LogP contribution is -2.66. The molecule has 1 fully saturated rings. The first-order valence-corrected chi connectivity index (χ1v) is 15.3. The van der Waals surface area contributed by atoms with Crippen LogP contribution in [0.1, 0.15) is 53.0 Å². The van der Waals surface area contributed by atoms with Crippen molar-refractivity contribution < 1.29 is 18.6 Å². The Balaban J connectivity index is 1.45. The van der Waals surface area contributed by atoms with Crippen LogP contribution < -0.4 is 10.4 Å². The first-order valence-electron chi connectivity index (χ1n) is 13.4. The third-order valence-electron chi connectivity index (χ3n) is 7.02. The molecule has 37 heavy (non-hydrogen) atoms. The van der Waals surface area contributed by atoms with Crippen LogP contribution in [-0.2, 0) is 25.2 Å². The summed E-state index contributed by atoms with van der Waals surface area (Å²) in [5.74, 6) is -0.652. The van der Waals surface area contributed by atoms with E-state index in [9.17, 15) is 0 Å². The van der Waals surface area contributed by atoms with E-state index in [0.717, 1.165) is 12.8 Å². The van der Waals surface area contributed by atoms with Crippen molar-refractivity contribution in [2.75, 3.05) is 13.2 Å². The van der Waals surface area contributed by atoms with Crippen LogP contribution in [0.2, 0.25) is 5.04 Å². The maximum atomic E-state index is 7.10. The highest BCUT2D eigenvalue weighted by Crippen LogP contribution is 2.37. The highest BCUT2D eigenvalue weighted by molar-refractivity contribution is 6.99. The predicted molar refractivity (Wildman–Crippen MR) is 153 cm³/mol. The number of hydrogen-bond donors (Lipinski definition) is 0. The first-order chi connectivity index (χ1) is 17.7. The highest BCUT2D eigenvalue weighted by Gasteiger charge is 2.50. The van der Waals surface area contributed by atoms with Crippen LogP contribution in [0.5, 0.6) is 0 Å². The van der Waals surface area contributed by atoms with Crippen LogP contribution in [0, 0.1) is 0 Å². The Morgan fingerprint density at radius 1 is 0.784 bits per heavy atom. The number of hydrogen-bond acceptors (Lipinski definition) is 4. The molecule has 4 nitrogen and oxygen atoms in total. The van der Waals surface area contributed by atoms with E-state index in [1.54, 1.807) is 0 Å². The van der Waals surface area contributed by atoms with E-state index in [0.29, 0.717) is 19.8 Å². The summed E-state index contributed by atoms with van der Waals surface area (Å²) in [5.41, 5.74) is 1.17. The zero-order valence-electron chi connectivity index (χ0n) is 23.0. The van der Waals surface area contributed by atoms with Crippen LogP contribution in [0.4, 0.5) is 0 Å². The van der Waals surface area contributed by atoms with E-state index in [4.69, 9.17) is 18.6 Å². The van der Waals surface area contributed by atoms with E-state index >= 15 is 0 Å². The van der Waals surface area contributed by atoms with E-state index in [1.807, 2.05) is 32.0 Å². The van der Waals surface area contributed by atoms with Gasteiger partial charge < -0.3 is 18.6 Å². The second kappa shape index (κ2) is 12.1. The van der Waals surface area contributed by atoms with Gasteiger partial charge in [-0.2, -0.15) is 0 Å². The summed E-state index contributed by atoms with van der Waals surface area (Å²) in [6.07, 6.45) is 1.65. The molecule has 1 aliphatic heterocycles. The fourth-order valence-electron chi connectivity index (χ4n) is 5.49. The summed E-state index contributed by atoms with van der Waals surface area (Å²) in [6.45, 7) is 12.7. The van der Waals surface area contributed by atoms with Gasteiger partial charge in [-0.15, -0.1) is 0 Å². The zero-order valence-corrected chi connectivity index (χ0v) is 24.0. The lowest BCUT2D eigenvalue weighted by Gasteiger charge is -2.44. The molecule has 198 valence electrons. The fraction of sp³-hybridized carbons (Fsp3) is 0.438. The normalized spacial score (nSPS) is 20.0. The molecule has 1 heterocycles. The van der Waals surface area contributed by atoms with E-state index in [2.05, 4.69) is 93.6 Å². The van der Waals surface area contributed by atoms with Gasteiger partial charge in [-0.05, 0) is 41.2 Å². The Morgan fingerprint density at radius 2 is 1.30 bits per heavy atom. The smallest absolute Gasteiger partial charge is 0.261 e. The number of rotatable bonds is 10. The van der Waals surface area contributed by atoms with Crippen molar-refractivity contribution in [3.63, 3.8) is 0 Å². The Hall–Kier alpha value is -2.28. The van der Waals surface area contributed by atoms with Crippen LogP contribution in [0.25, 0.3) is 0 Å². The molecular formula is C32H42O4Si. The molecule has 3 aromatic rings. The molecule has 4 rings (SSSR count). The average Bonchev–Trinajstić information content (AvgIpc) is 2.87.